The Balaban J connectivity index is 1.74. The Bertz CT molecular complexity index is 422. The maximum absolute atomic E-state index is 6.43. The minimum Gasteiger partial charge on any atom is -0.325 e. The van der Waals surface area contributed by atoms with Gasteiger partial charge in [0.15, 0.2) is 0 Å². The molecule has 1 fully saturated rings. The summed E-state index contributed by atoms with van der Waals surface area (Å²) in [5.74, 6) is 0.688. The summed E-state index contributed by atoms with van der Waals surface area (Å²) < 4.78 is 0. The first-order valence-corrected chi connectivity index (χ1v) is 9.54. The van der Waals surface area contributed by atoms with Crippen LogP contribution >= 0.6 is 0 Å². The van der Waals surface area contributed by atoms with Gasteiger partial charge in [-0.3, -0.25) is 0 Å². The Labute approximate surface area is 137 Å². The summed E-state index contributed by atoms with van der Waals surface area (Å²) in [7, 11) is 0. The van der Waals surface area contributed by atoms with E-state index in [9.17, 15) is 0 Å². The van der Waals surface area contributed by atoms with Crippen molar-refractivity contribution in [1.29, 1.82) is 0 Å². The van der Waals surface area contributed by atoms with Gasteiger partial charge in [0.1, 0.15) is 0 Å². The van der Waals surface area contributed by atoms with Gasteiger partial charge in [0, 0.05) is 5.54 Å². The van der Waals surface area contributed by atoms with E-state index in [4.69, 9.17) is 5.73 Å². The second-order valence-corrected chi connectivity index (χ2v) is 7.41. The van der Waals surface area contributed by atoms with Crippen LogP contribution in [0.15, 0.2) is 24.3 Å². The molecular weight excluding hydrogens is 266 g/mol. The molecule has 2 rings (SSSR count). The fraction of sp³-hybridized carbons (Fsp3) is 0.714. The van der Waals surface area contributed by atoms with Crippen molar-refractivity contribution in [1.82, 2.24) is 0 Å². The Morgan fingerprint density at radius 1 is 1.00 bits per heavy atom. The molecule has 2 N–H and O–H groups in total. The highest BCUT2D eigenvalue weighted by Crippen LogP contribution is 2.41. The fourth-order valence-electron chi connectivity index (χ4n) is 3.83. The van der Waals surface area contributed by atoms with Crippen molar-refractivity contribution >= 4 is 0 Å². The van der Waals surface area contributed by atoms with Gasteiger partial charge in [-0.15, -0.1) is 0 Å². The lowest BCUT2D eigenvalue weighted by molar-refractivity contribution is 0.418. The fourth-order valence-corrected chi connectivity index (χ4v) is 3.83. The molecule has 1 aromatic carbocycles. The third-order valence-corrected chi connectivity index (χ3v) is 5.62. The molecule has 124 valence electrons. The van der Waals surface area contributed by atoms with E-state index in [0.29, 0.717) is 5.92 Å². The largest absolute Gasteiger partial charge is 0.325 e. The Morgan fingerprint density at radius 3 is 2.32 bits per heavy atom. The lowest BCUT2D eigenvalue weighted by Crippen LogP contribution is -2.35. The molecule has 22 heavy (non-hydrogen) atoms. The standard InChI is InChI=1S/C21H35N/c1-3-5-6-7-8-9-10-18-11-13-19(14-12-18)20-15-16-21(22,4-2)17-20/h11-14,20H,3-10,15-17,22H2,1-2H3/t20-,21-/m1/s1. The molecule has 1 nitrogen and oxygen atoms in total. The number of rotatable bonds is 9. The minimum absolute atomic E-state index is 0.0990. The summed E-state index contributed by atoms with van der Waals surface area (Å²) >= 11 is 0. The second kappa shape index (κ2) is 8.72. The summed E-state index contributed by atoms with van der Waals surface area (Å²) in [5.41, 5.74) is 9.54. The second-order valence-electron chi connectivity index (χ2n) is 7.41. The molecule has 0 spiro atoms. The molecule has 0 heterocycles. The Morgan fingerprint density at radius 2 is 1.68 bits per heavy atom. The monoisotopic (exact) mass is 301 g/mol. The van der Waals surface area contributed by atoms with E-state index in [1.54, 1.807) is 0 Å². The molecule has 0 bridgehead atoms. The molecule has 0 saturated heterocycles. The molecule has 1 heteroatoms. The van der Waals surface area contributed by atoms with Gasteiger partial charge in [-0.25, -0.2) is 0 Å². The normalized spacial score (nSPS) is 24.8. The van der Waals surface area contributed by atoms with Gasteiger partial charge in [0.25, 0.3) is 0 Å². The van der Waals surface area contributed by atoms with Crippen molar-refractivity contribution in [2.45, 2.75) is 95.9 Å². The van der Waals surface area contributed by atoms with Gasteiger partial charge >= 0.3 is 0 Å². The average molecular weight is 302 g/mol. The summed E-state index contributed by atoms with van der Waals surface area (Å²) in [6.07, 6.45) is 14.3. The molecule has 1 aliphatic carbocycles. The number of unbranched alkanes of at least 4 members (excludes halogenated alkanes) is 5. The predicted octanol–water partition coefficient (Wildman–Crippen LogP) is 5.96. The van der Waals surface area contributed by atoms with Crippen molar-refractivity contribution in [2.24, 2.45) is 5.73 Å². The first kappa shape index (κ1) is 17.5. The zero-order valence-electron chi connectivity index (χ0n) is 14.7. The van der Waals surface area contributed by atoms with Gasteiger partial charge in [-0.2, -0.15) is 0 Å². The van der Waals surface area contributed by atoms with Crippen LogP contribution in [0.5, 0.6) is 0 Å². The van der Waals surface area contributed by atoms with Crippen molar-refractivity contribution in [3.8, 4) is 0 Å². The maximum atomic E-state index is 6.43. The van der Waals surface area contributed by atoms with Crippen LogP contribution in [0.3, 0.4) is 0 Å². The van der Waals surface area contributed by atoms with Crippen LogP contribution in [-0.4, -0.2) is 5.54 Å². The average Bonchev–Trinajstić information content (AvgIpc) is 2.94. The minimum atomic E-state index is 0.0990. The van der Waals surface area contributed by atoms with Crippen LogP contribution in [0, 0.1) is 0 Å². The van der Waals surface area contributed by atoms with Gasteiger partial charge in [-0.05, 0) is 55.6 Å². The quantitative estimate of drug-likeness (QED) is 0.559. The molecule has 0 aliphatic heterocycles. The highest BCUT2D eigenvalue weighted by Gasteiger charge is 2.34. The molecule has 2 atom stereocenters. The van der Waals surface area contributed by atoms with Gasteiger partial charge in [0.05, 0.1) is 0 Å². The lowest BCUT2D eigenvalue weighted by atomic mass is 9.91. The highest BCUT2D eigenvalue weighted by atomic mass is 14.8. The first-order valence-electron chi connectivity index (χ1n) is 9.54. The van der Waals surface area contributed by atoms with Crippen LogP contribution in [0.25, 0.3) is 0 Å². The van der Waals surface area contributed by atoms with E-state index < -0.39 is 0 Å². The van der Waals surface area contributed by atoms with Crippen LogP contribution in [0.2, 0.25) is 0 Å². The SMILES string of the molecule is CCCCCCCCc1ccc([C@@H]2CC[C@](N)(CC)C2)cc1. The van der Waals surface area contributed by atoms with Crippen LogP contribution in [0.1, 0.15) is 95.1 Å². The number of hydrogen-bond donors (Lipinski definition) is 1. The zero-order chi connectivity index (χ0) is 15.8. The van der Waals surface area contributed by atoms with Crippen LogP contribution in [0.4, 0.5) is 0 Å². The summed E-state index contributed by atoms with van der Waals surface area (Å²) in [4.78, 5) is 0. The molecule has 1 aromatic rings. The number of benzene rings is 1. The third kappa shape index (κ3) is 5.12. The Kier molecular flexibility index (Phi) is 6.95. The molecular formula is C21H35N. The number of hydrogen-bond acceptors (Lipinski definition) is 1. The number of nitrogens with two attached hydrogens (primary N) is 1. The van der Waals surface area contributed by atoms with Crippen LogP contribution in [-0.2, 0) is 6.42 Å². The van der Waals surface area contributed by atoms with Gasteiger partial charge in [-0.1, -0.05) is 70.2 Å². The van der Waals surface area contributed by atoms with E-state index in [-0.39, 0.29) is 5.54 Å². The molecule has 0 aromatic heterocycles. The van der Waals surface area contributed by atoms with E-state index in [1.165, 1.54) is 75.3 Å². The van der Waals surface area contributed by atoms with Crippen molar-refractivity contribution in [3.05, 3.63) is 35.4 Å². The van der Waals surface area contributed by atoms with Crippen LogP contribution < -0.4 is 5.73 Å². The highest BCUT2D eigenvalue weighted by molar-refractivity contribution is 5.27. The topological polar surface area (TPSA) is 26.0 Å². The van der Waals surface area contributed by atoms with E-state index in [0.717, 1.165) is 6.42 Å². The summed E-state index contributed by atoms with van der Waals surface area (Å²) in [6, 6.07) is 9.42. The molecule has 1 saturated carbocycles. The van der Waals surface area contributed by atoms with E-state index in [2.05, 4.69) is 38.1 Å². The van der Waals surface area contributed by atoms with Crippen molar-refractivity contribution in [3.63, 3.8) is 0 Å². The summed E-state index contributed by atoms with van der Waals surface area (Å²) in [5, 5.41) is 0. The number of aryl methyl sites for hydroxylation is 1. The van der Waals surface area contributed by atoms with Crippen molar-refractivity contribution < 1.29 is 0 Å². The molecule has 0 amide bonds. The lowest BCUT2D eigenvalue weighted by Gasteiger charge is -2.22. The van der Waals surface area contributed by atoms with Crippen molar-refractivity contribution in [2.75, 3.05) is 0 Å². The third-order valence-electron chi connectivity index (χ3n) is 5.62. The Hall–Kier alpha value is -0.820. The van der Waals surface area contributed by atoms with E-state index in [1.807, 2.05) is 0 Å². The first-order chi connectivity index (χ1) is 10.7. The smallest absolute Gasteiger partial charge is 0.0157 e. The molecule has 0 radical (unpaired) electrons. The maximum Gasteiger partial charge on any atom is 0.0157 e. The summed E-state index contributed by atoms with van der Waals surface area (Å²) in [6.45, 7) is 4.51. The molecule has 0 unspecified atom stereocenters. The van der Waals surface area contributed by atoms with E-state index >= 15 is 0 Å². The van der Waals surface area contributed by atoms with Gasteiger partial charge in [0.2, 0.25) is 0 Å². The predicted molar refractivity (Wildman–Crippen MR) is 97.3 cm³/mol. The zero-order valence-corrected chi connectivity index (χ0v) is 14.7. The molecule has 1 aliphatic rings. The van der Waals surface area contributed by atoms with Gasteiger partial charge < -0.3 is 5.73 Å².